The van der Waals surface area contributed by atoms with Crippen molar-refractivity contribution < 1.29 is 19.8 Å². The first-order valence-electron chi connectivity index (χ1n) is 14.6. The molecule has 3 aliphatic rings. The van der Waals surface area contributed by atoms with E-state index in [1.54, 1.807) is 10.6 Å². The second-order valence-electron chi connectivity index (χ2n) is 12.0. The summed E-state index contributed by atoms with van der Waals surface area (Å²) in [7, 11) is 1.00. The van der Waals surface area contributed by atoms with Gasteiger partial charge < -0.3 is 24.9 Å². The summed E-state index contributed by atoms with van der Waals surface area (Å²) in [6.07, 6.45) is 3.07. The van der Waals surface area contributed by atoms with Gasteiger partial charge in [0.2, 0.25) is 5.82 Å². The van der Waals surface area contributed by atoms with Crippen LogP contribution >= 0.6 is 0 Å². The van der Waals surface area contributed by atoms with Crippen molar-refractivity contribution in [3.8, 4) is 0 Å². The van der Waals surface area contributed by atoms with Crippen LogP contribution < -0.4 is 9.80 Å². The van der Waals surface area contributed by atoms with Gasteiger partial charge in [-0.3, -0.25) is 4.79 Å². The lowest BCUT2D eigenvalue weighted by Gasteiger charge is -2.26. The van der Waals surface area contributed by atoms with Crippen LogP contribution in [0.1, 0.15) is 45.6 Å². The SMILES string of the molecule is CO.Cc1cc(N2CC[C@](C)(c3ccccc3)C2)cn2nc(C(=O)N3CC4CN(c5cccc(C(=O)O)n5)CC4C3)nc12. The Kier molecular flexibility index (Phi) is 7.51. The van der Waals surface area contributed by atoms with Gasteiger partial charge >= 0.3 is 5.97 Å². The molecule has 7 rings (SSSR count). The molecule has 4 aromatic rings. The van der Waals surface area contributed by atoms with E-state index in [0.29, 0.717) is 36.4 Å². The number of aliphatic hydroxyl groups excluding tert-OH is 1. The summed E-state index contributed by atoms with van der Waals surface area (Å²) in [6.45, 7) is 8.97. The zero-order chi connectivity index (χ0) is 30.3. The van der Waals surface area contributed by atoms with E-state index in [1.165, 1.54) is 11.6 Å². The first-order chi connectivity index (χ1) is 20.8. The third kappa shape index (κ3) is 5.29. The molecule has 2 N–H and O–H groups in total. The van der Waals surface area contributed by atoms with Gasteiger partial charge in [0.15, 0.2) is 11.3 Å². The summed E-state index contributed by atoms with van der Waals surface area (Å²) >= 11 is 0. The maximum Gasteiger partial charge on any atom is 0.354 e. The molecule has 11 heteroatoms. The quantitative estimate of drug-likeness (QED) is 0.364. The van der Waals surface area contributed by atoms with Crippen molar-refractivity contribution in [3.63, 3.8) is 0 Å². The van der Waals surface area contributed by atoms with Crippen LogP contribution in [0, 0.1) is 18.8 Å². The standard InChI is InChI=1S/C31H33N7O3.CH4O/c1-20-13-24(35-12-11-31(2,19-35)23-7-4-3-5-8-23)18-38-28(20)33-27(34-38)29(39)37-16-21-14-36(15-22(21)17-37)26-10-6-9-25(32-26)30(40)41;1-2/h3-10,13,18,21-22H,11-12,14-17,19H2,1-2H3,(H,40,41);2H,1H3/t21?,22?,31-;/m0./s1. The first kappa shape index (κ1) is 28.6. The van der Waals surface area contributed by atoms with Crippen LogP contribution in [-0.2, 0) is 5.41 Å². The normalized spacial score (nSPS) is 22.9. The number of amides is 1. The number of carboxylic acids is 1. The van der Waals surface area contributed by atoms with Crippen LogP contribution in [0.2, 0.25) is 0 Å². The van der Waals surface area contributed by atoms with Crippen LogP contribution in [-0.4, -0.2) is 92.9 Å². The van der Waals surface area contributed by atoms with Crippen LogP contribution in [0.25, 0.3) is 5.65 Å². The molecule has 3 atom stereocenters. The number of carboxylic acid groups (broad SMARTS) is 1. The van der Waals surface area contributed by atoms with Crippen LogP contribution in [0.5, 0.6) is 0 Å². The molecular formula is C32H37N7O4. The van der Waals surface area contributed by atoms with Crippen LogP contribution in [0.15, 0.2) is 60.8 Å². The number of carbonyl (C=O) groups excluding carboxylic acids is 1. The number of pyridine rings is 2. The maximum atomic E-state index is 13.5. The highest BCUT2D eigenvalue weighted by atomic mass is 16.4. The molecule has 3 fully saturated rings. The maximum absolute atomic E-state index is 13.5. The minimum Gasteiger partial charge on any atom is -0.477 e. The molecular weight excluding hydrogens is 546 g/mol. The number of nitrogens with zero attached hydrogens (tertiary/aromatic N) is 7. The van der Waals surface area contributed by atoms with Gasteiger partial charge in [-0.25, -0.2) is 19.3 Å². The van der Waals surface area contributed by atoms with Crippen molar-refractivity contribution in [3.05, 3.63) is 83.4 Å². The highest BCUT2D eigenvalue weighted by molar-refractivity contribution is 5.91. The van der Waals surface area contributed by atoms with Gasteiger partial charge in [-0.1, -0.05) is 43.3 Å². The zero-order valence-electron chi connectivity index (χ0n) is 24.7. The van der Waals surface area contributed by atoms with Gasteiger partial charge in [-0.05, 0) is 42.7 Å². The fourth-order valence-electron chi connectivity index (χ4n) is 6.86. The number of hydrogen-bond acceptors (Lipinski definition) is 8. The Morgan fingerprint density at radius 2 is 1.65 bits per heavy atom. The fraction of sp³-hybridized carbons (Fsp3) is 0.406. The summed E-state index contributed by atoms with van der Waals surface area (Å²) in [5, 5.41) is 20.9. The van der Waals surface area contributed by atoms with Crippen molar-refractivity contribution in [1.82, 2.24) is 24.5 Å². The monoisotopic (exact) mass is 583 g/mol. The number of anilines is 2. The number of fused-ring (bicyclic) bond motifs is 2. The first-order valence-corrected chi connectivity index (χ1v) is 14.6. The molecule has 3 saturated heterocycles. The molecule has 224 valence electrons. The van der Waals surface area contributed by atoms with E-state index in [4.69, 9.17) is 5.11 Å². The molecule has 6 heterocycles. The van der Waals surface area contributed by atoms with Gasteiger partial charge in [0.05, 0.1) is 11.9 Å². The van der Waals surface area contributed by atoms with Gasteiger partial charge in [-0.2, -0.15) is 0 Å². The lowest BCUT2D eigenvalue weighted by atomic mass is 9.82. The van der Waals surface area contributed by atoms with E-state index in [9.17, 15) is 14.7 Å². The molecule has 0 bridgehead atoms. The molecule has 43 heavy (non-hydrogen) atoms. The Morgan fingerprint density at radius 1 is 0.930 bits per heavy atom. The molecule has 11 nitrogen and oxygen atoms in total. The smallest absolute Gasteiger partial charge is 0.354 e. The number of aryl methyl sites for hydroxylation is 1. The molecule has 2 unspecified atom stereocenters. The number of rotatable bonds is 5. The molecule has 1 aromatic carbocycles. The topological polar surface area (TPSA) is 127 Å². The summed E-state index contributed by atoms with van der Waals surface area (Å²) in [5.41, 5.74) is 4.28. The Hall–Kier alpha value is -4.51. The molecule has 0 aliphatic carbocycles. The molecule has 0 saturated carbocycles. The van der Waals surface area contributed by atoms with Crippen molar-refractivity contribution in [2.24, 2.45) is 11.8 Å². The van der Waals surface area contributed by atoms with Crippen molar-refractivity contribution in [2.75, 3.05) is 56.2 Å². The molecule has 1 amide bonds. The molecule has 0 spiro atoms. The highest BCUT2D eigenvalue weighted by Crippen LogP contribution is 2.37. The molecule has 3 aliphatic heterocycles. The van der Waals surface area contributed by atoms with Crippen molar-refractivity contribution in [1.29, 1.82) is 0 Å². The second-order valence-corrected chi connectivity index (χ2v) is 12.0. The number of aromatic nitrogens is 4. The number of hydrogen-bond donors (Lipinski definition) is 2. The minimum atomic E-state index is -1.03. The largest absolute Gasteiger partial charge is 0.477 e. The summed E-state index contributed by atoms with van der Waals surface area (Å²) in [4.78, 5) is 40.2. The number of likely N-dealkylation sites (tertiary alicyclic amines) is 1. The Morgan fingerprint density at radius 3 is 2.35 bits per heavy atom. The zero-order valence-corrected chi connectivity index (χ0v) is 24.7. The third-order valence-corrected chi connectivity index (χ3v) is 9.15. The average molecular weight is 584 g/mol. The van der Waals surface area contributed by atoms with Crippen LogP contribution in [0.3, 0.4) is 0 Å². The lowest BCUT2D eigenvalue weighted by molar-refractivity contribution is 0.0689. The summed E-state index contributed by atoms with van der Waals surface area (Å²) in [5.74, 6) is 0.333. The van der Waals surface area contributed by atoms with E-state index in [1.807, 2.05) is 24.1 Å². The highest BCUT2D eigenvalue weighted by Gasteiger charge is 2.43. The molecule has 3 aromatic heterocycles. The molecule has 0 radical (unpaired) electrons. The summed E-state index contributed by atoms with van der Waals surface area (Å²) in [6, 6.07) is 17.9. The summed E-state index contributed by atoms with van der Waals surface area (Å²) < 4.78 is 1.76. The van der Waals surface area contributed by atoms with Crippen molar-refractivity contribution >= 4 is 29.0 Å². The van der Waals surface area contributed by atoms with E-state index in [2.05, 4.69) is 68.2 Å². The second kappa shape index (κ2) is 11.3. The van der Waals surface area contributed by atoms with Crippen LogP contribution in [0.4, 0.5) is 11.5 Å². The predicted octanol–water partition coefficient (Wildman–Crippen LogP) is 3.12. The number of aliphatic hydroxyl groups is 1. The average Bonchev–Trinajstić information content (AvgIpc) is 3.81. The van der Waals surface area contributed by atoms with Gasteiger partial charge in [0.25, 0.3) is 5.91 Å². The minimum absolute atomic E-state index is 0.0441. The number of carbonyl (C=O) groups is 2. The van der Waals surface area contributed by atoms with Crippen molar-refractivity contribution in [2.45, 2.75) is 25.7 Å². The van der Waals surface area contributed by atoms with Gasteiger partial charge in [0, 0.05) is 63.6 Å². The number of aromatic carboxylic acids is 1. The van der Waals surface area contributed by atoms with E-state index < -0.39 is 5.97 Å². The Bertz CT molecular complexity index is 1640. The lowest BCUT2D eigenvalue weighted by Crippen LogP contribution is -2.34. The Labute approximate surface area is 250 Å². The van der Waals surface area contributed by atoms with E-state index in [0.717, 1.165) is 51.0 Å². The van der Waals surface area contributed by atoms with Gasteiger partial charge in [0.1, 0.15) is 5.82 Å². The van der Waals surface area contributed by atoms with Gasteiger partial charge in [-0.15, -0.1) is 5.10 Å². The van der Waals surface area contributed by atoms with E-state index in [-0.39, 0.29) is 22.8 Å². The third-order valence-electron chi connectivity index (χ3n) is 9.15. The predicted molar refractivity (Wildman–Crippen MR) is 163 cm³/mol. The van der Waals surface area contributed by atoms with E-state index >= 15 is 0 Å². The fourth-order valence-corrected chi connectivity index (χ4v) is 6.86. The number of benzene rings is 1. The Balaban J connectivity index is 0.00000161.